The van der Waals surface area contributed by atoms with Crippen molar-refractivity contribution in [3.05, 3.63) is 29.8 Å². The highest BCUT2D eigenvalue weighted by Gasteiger charge is 2.42. The lowest BCUT2D eigenvalue weighted by Gasteiger charge is -2.39. The van der Waals surface area contributed by atoms with E-state index in [-0.39, 0.29) is 11.9 Å². The van der Waals surface area contributed by atoms with Gasteiger partial charge in [-0.25, -0.2) is 0 Å². The van der Waals surface area contributed by atoms with Crippen molar-refractivity contribution in [3.63, 3.8) is 0 Å². The van der Waals surface area contributed by atoms with E-state index in [0.29, 0.717) is 5.92 Å². The second-order valence-electron chi connectivity index (χ2n) is 6.38. The molecular weight excluding hydrogens is 250 g/mol. The summed E-state index contributed by atoms with van der Waals surface area (Å²) in [7, 11) is 0. The molecule has 0 N–H and O–H groups in total. The largest absolute Gasteiger partial charge is 0.371 e. The Bertz CT molecular complexity index is 447. The molecule has 1 aromatic carbocycles. The van der Waals surface area contributed by atoms with Crippen molar-refractivity contribution in [3.8, 4) is 0 Å². The van der Waals surface area contributed by atoms with Gasteiger partial charge in [0.05, 0.1) is 12.7 Å². The summed E-state index contributed by atoms with van der Waals surface area (Å²) in [6, 6.07) is 8.97. The molecule has 3 heteroatoms. The smallest absolute Gasteiger partial charge is 0.172 e. The van der Waals surface area contributed by atoms with Gasteiger partial charge in [-0.15, -0.1) is 0 Å². The van der Waals surface area contributed by atoms with Crippen molar-refractivity contribution in [2.24, 2.45) is 0 Å². The molecule has 110 valence electrons. The molecular formula is C17H25NO2. The van der Waals surface area contributed by atoms with Crippen LogP contribution in [0.15, 0.2) is 24.3 Å². The topological polar surface area (TPSA) is 21.7 Å². The second kappa shape index (κ2) is 5.38. The first kappa shape index (κ1) is 13.9. The maximum atomic E-state index is 5.98. The number of piperidine rings is 1. The van der Waals surface area contributed by atoms with Crippen molar-refractivity contribution in [1.29, 1.82) is 0 Å². The molecule has 2 aliphatic rings. The van der Waals surface area contributed by atoms with Gasteiger partial charge in [0.15, 0.2) is 5.79 Å². The Labute approximate surface area is 121 Å². The third kappa shape index (κ3) is 2.70. The molecule has 3 rings (SSSR count). The van der Waals surface area contributed by atoms with E-state index < -0.39 is 0 Å². The SMILES string of the molecule is CC1COC2(CCN(c3ccc(C(C)C)cc3)CC2)O1. The molecule has 20 heavy (non-hydrogen) atoms. The van der Waals surface area contributed by atoms with Crippen LogP contribution in [0.1, 0.15) is 45.1 Å². The lowest BCUT2D eigenvalue weighted by molar-refractivity contribution is -0.178. The van der Waals surface area contributed by atoms with Gasteiger partial charge in [0, 0.05) is 31.6 Å². The number of benzene rings is 1. The minimum absolute atomic E-state index is 0.242. The number of anilines is 1. The molecule has 0 amide bonds. The Kier molecular flexibility index (Phi) is 3.74. The highest BCUT2D eigenvalue weighted by molar-refractivity contribution is 5.48. The fourth-order valence-electron chi connectivity index (χ4n) is 3.14. The summed E-state index contributed by atoms with van der Waals surface area (Å²) in [5.41, 5.74) is 2.72. The number of hydrogen-bond donors (Lipinski definition) is 0. The van der Waals surface area contributed by atoms with Crippen molar-refractivity contribution in [2.45, 2.75) is 51.4 Å². The van der Waals surface area contributed by atoms with Crippen LogP contribution in [-0.2, 0) is 9.47 Å². The molecule has 2 saturated heterocycles. The van der Waals surface area contributed by atoms with Crippen molar-refractivity contribution in [1.82, 2.24) is 0 Å². The number of rotatable bonds is 2. The molecule has 2 heterocycles. The van der Waals surface area contributed by atoms with Crippen LogP contribution < -0.4 is 4.90 Å². The summed E-state index contributed by atoms with van der Waals surface area (Å²) in [4.78, 5) is 2.44. The molecule has 0 bridgehead atoms. The van der Waals surface area contributed by atoms with Gasteiger partial charge in [-0.05, 0) is 30.5 Å². The molecule has 1 aromatic rings. The zero-order valence-electron chi connectivity index (χ0n) is 12.8. The van der Waals surface area contributed by atoms with Crippen LogP contribution in [0.4, 0.5) is 5.69 Å². The summed E-state index contributed by atoms with van der Waals surface area (Å²) in [6.45, 7) is 9.31. The molecule has 0 aromatic heterocycles. The zero-order chi connectivity index (χ0) is 14.2. The van der Waals surface area contributed by atoms with Gasteiger partial charge in [-0.1, -0.05) is 26.0 Å². The third-order valence-corrected chi connectivity index (χ3v) is 4.45. The fraction of sp³-hybridized carbons (Fsp3) is 0.647. The Morgan fingerprint density at radius 1 is 1.15 bits per heavy atom. The molecule has 0 aliphatic carbocycles. The first-order chi connectivity index (χ1) is 9.58. The molecule has 2 aliphatic heterocycles. The average Bonchev–Trinajstić information content (AvgIpc) is 2.81. The summed E-state index contributed by atoms with van der Waals surface area (Å²) < 4.78 is 11.9. The highest BCUT2D eigenvalue weighted by atomic mass is 16.7. The standard InChI is InChI=1S/C17H25NO2/c1-13(2)15-4-6-16(7-5-15)18-10-8-17(9-11-18)19-12-14(3)20-17/h4-7,13-14H,8-12H2,1-3H3. The molecule has 0 radical (unpaired) electrons. The van der Waals surface area contributed by atoms with Gasteiger partial charge < -0.3 is 14.4 Å². The van der Waals surface area contributed by atoms with E-state index in [4.69, 9.17) is 9.47 Å². The van der Waals surface area contributed by atoms with Crippen molar-refractivity contribution in [2.75, 3.05) is 24.6 Å². The summed E-state index contributed by atoms with van der Waals surface area (Å²) in [5.74, 6) is 0.295. The van der Waals surface area contributed by atoms with Gasteiger partial charge in [0.25, 0.3) is 0 Å². The van der Waals surface area contributed by atoms with Crippen LogP contribution in [0, 0.1) is 0 Å². The molecule has 3 nitrogen and oxygen atoms in total. The van der Waals surface area contributed by atoms with Crippen molar-refractivity contribution < 1.29 is 9.47 Å². The highest BCUT2D eigenvalue weighted by Crippen LogP contribution is 2.35. The molecule has 2 fully saturated rings. The van der Waals surface area contributed by atoms with Gasteiger partial charge in [-0.2, -0.15) is 0 Å². The lowest BCUT2D eigenvalue weighted by atomic mass is 10.0. The first-order valence-electron chi connectivity index (χ1n) is 7.75. The maximum Gasteiger partial charge on any atom is 0.172 e. The van der Waals surface area contributed by atoms with E-state index in [1.165, 1.54) is 11.3 Å². The van der Waals surface area contributed by atoms with Crippen LogP contribution >= 0.6 is 0 Å². The van der Waals surface area contributed by atoms with Gasteiger partial charge in [0.2, 0.25) is 0 Å². The zero-order valence-corrected chi connectivity index (χ0v) is 12.8. The average molecular weight is 275 g/mol. The van der Waals surface area contributed by atoms with Gasteiger partial charge in [0.1, 0.15) is 0 Å². The molecule has 1 spiro atoms. The van der Waals surface area contributed by atoms with E-state index >= 15 is 0 Å². The summed E-state index contributed by atoms with van der Waals surface area (Å²) in [6.07, 6.45) is 2.17. The Hall–Kier alpha value is -1.06. The van der Waals surface area contributed by atoms with E-state index in [0.717, 1.165) is 32.5 Å². The fourth-order valence-corrected chi connectivity index (χ4v) is 3.14. The van der Waals surface area contributed by atoms with Crippen LogP contribution in [0.3, 0.4) is 0 Å². The van der Waals surface area contributed by atoms with Crippen LogP contribution in [0.5, 0.6) is 0 Å². The van der Waals surface area contributed by atoms with Crippen molar-refractivity contribution >= 4 is 5.69 Å². The second-order valence-corrected chi connectivity index (χ2v) is 6.38. The predicted molar refractivity (Wildman–Crippen MR) is 81.2 cm³/mol. The van der Waals surface area contributed by atoms with Crippen LogP contribution in [-0.4, -0.2) is 31.6 Å². The normalized spacial score (nSPS) is 25.6. The molecule has 0 saturated carbocycles. The Morgan fingerprint density at radius 2 is 1.80 bits per heavy atom. The monoisotopic (exact) mass is 275 g/mol. The predicted octanol–water partition coefficient (Wildman–Crippen LogP) is 3.54. The number of ether oxygens (including phenoxy) is 2. The minimum Gasteiger partial charge on any atom is -0.371 e. The van der Waals surface area contributed by atoms with E-state index in [1.54, 1.807) is 0 Å². The van der Waals surface area contributed by atoms with E-state index in [9.17, 15) is 0 Å². The van der Waals surface area contributed by atoms with Gasteiger partial charge in [-0.3, -0.25) is 0 Å². The van der Waals surface area contributed by atoms with Crippen LogP contribution in [0.25, 0.3) is 0 Å². The molecule has 1 unspecified atom stereocenters. The Morgan fingerprint density at radius 3 is 2.30 bits per heavy atom. The minimum atomic E-state index is -0.298. The van der Waals surface area contributed by atoms with Gasteiger partial charge >= 0.3 is 0 Å². The van der Waals surface area contributed by atoms with E-state index in [1.807, 2.05) is 0 Å². The Balaban J connectivity index is 1.63. The number of hydrogen-bond acceptors (Lipinski definition) is 3. The summed E-state index contributed by atoms with van der Waals surface area (Å²) in [5, 5.41) is 0. The van der Waals surface area contributed by atoms with E-state index in [2.05, 4.69) is 49.9 Å². The third-order valence-electron chi connectivity index (χ3n) is 4.45. The quantitative estimate of drug-likeness (QED) is 0.824. The maximum absolute atomic E-state index is 5.98. The molecule has 1 atom stereocenters. The number of nitrogens with zero attached hydrogens (tertiary/aromatic N) is 1. The van der Waals surface area contributed by atoms with Crippen LogP contribution in [0.2, 0.25) is 0 Å². The lowest BCUT2D eigenvalue weighted by Crippen LogP contribution is -2.45. The summed E-state index contributed by atoms with van der Waals surface area (Å²) >= 11 is 0. The first-order valence-corrected chi connectivity index (χ1v) is 7.75.